The zero-order chi connectivity index (χ0) is 20.4. The highest BCUT2D eigenvalue weighted by molar-refractivity contribution is 6.34. The highest BCUT2D eigenvalue weighted by Crippen LogP contribution is 2.38. The molecule has 1 N–H and O–H groups in total. The van der Waals surface area contributed by atoms with E-state index in [0.717, 1.165) is 36.4 Å². The predicted molar refractivity (Wildman–Crippen MR) is 108 cm³/mol. The van der Waals surface area contributed by atoms with Gasteiger partial charge in [0, 0.05) is 18.2 Å². The second-order valence-corrected chi connectivity index (χ2v) is 7.41. The number of benzene rings is 2. The van der Waals surface area contributed by atoms with Crippen molar-refractivity contribution < 1.29 is 19.2 Å². The summed E-state index contributed by atoms with van der Waals surface area (Å²) in [6.07, 6.45) is 1.94. The van der Waals surface area contributed by atoms with Crippen LogP contribution in [0.4, 0.5) is 11.4 Å². The van der Waals surface area contributed by atoms with Crippen molar-refractivity contribution in [2.24, 2.45) is 0 Å². The molecule has 2 aliphatic heterocycles. The van der Waals surface area contributed by atoms with E-state index in [1.165, 1.54) is 18.2 Å². The number of nitrogens with one attached hydrogen (secondary N) is 1. The smallest absolute Gasteiger partial charge is 0.271 e. The average Bonchev–Trinajstić information content (AvgIpc) is 3.17. The van der Waals surface area contributed by atoms with Gasteiger partial charge in [0.15, 0.2) is 11.5 Å². The standard InChI is InChI=1S/C20H20ClN3O5/c21-15-11-14(24(26)27)4-5-16(15)22-20(25)12-23-7-1-2-17(23)13-3-6-18-19(10-13)29-9-8-28-18/h3-6,10-11,17H,1-2,7-9,12H2,(H,22,25). The molecule has 1 fully saturated rings. The van der Waals surface area contributed by atoms with Gasteiger partial charge in [0.1, 0.15) is 13.2 Å². The van der Waals surface area contributed by atoms with Gasteiger partial charge in [-0.2, -0.15) is 0 Å². The van der Waals surface area contributed by atoms with Crippen LogP contribution in [0.1, 0.15) is 24.4 Å². The SMILES string of the molecule is O=C(CN1CCCC1c1ccc2c(c1)OCCO2)Nc1ccc([N+](=O)[O-])cc1Cl. The highest BCUT2D eigenvalue weighted by atomic mass is 35.5. The van der Waals surface area contributed by atoms with E-state index in [1.54, 1.807) is 0 Å². The summed E-state index contributed by atoms with van der Waals surface area (Å²) in [4.78, 5) is 25.0. The van der Waals surface area contributed by atoms with Gasteiger partial charge in [-0.3, -0.25) is 19.8 Å². The van der Waals surface area contributed by atoms with Crippen molar-refractivity contribution >= 4 is 28.9 Å². The third kappa shape index (κ3) is 4.28. The number of nitrogens with zero attached hydrogens (tertiary/aromatic N) is 2. The van der Waals surface area contributed by atoms with Gasteiger partial charge in [-0.1, -0.05) is 17.7 Å². The average molecular weight is 418 g/mol. The van der Waals surface area contributed by atoms with Crippen LogP contribution in [0.2, 0.25) is 5.02 Å². The molecular weight excluding hydrogens is 398 g/mol. The first kappa shape index (κ1) is 19.5. The van der Waals surface area contributed by atoms with Gasteiger partial charge in [-0.05, 0) is 43.1 Å². The summed E-state index contributed by atoms with van der Waals surface area (Å²) in [6, 6.07) is 10.0. The van der Waals surface area contributed by atoms with Crippen molar-refractivity contribution in [1.29, 1.82) is 0 Å². The van der Waals surface area contributed by atoms with Gasteiger partial charge in [-0.15, -0.1) is 0 Å². The summed E-state index contributed by atoms with van der Waals surface area (Å²) in [6.45, 7) is 2.09. The minimum Gasteiger partial charge on any atom is -0.486 e. The molecule has 0 spiro atoms. The van der Waals surface area contributed by atoms with Crippen LogP contribution < -0.4 is 14.8 Å². The summed E-state index contributed by atoms with van der Waals surface area (Å²) in [5, 5.41) is 13.7. The minimum absolute atomic E-state index is 0.115. The van der Waals surface area contributed by atoms with Crippen LogP contribution in [0, 0.1) is 10.1 Å². The van der Waals surface area contributed by atoms with Crippen LogP contribution in [0.5, 0.6) is 11.5 Å². The quantitative estimate of drug-likeness (QED) is 0.587. The maximum Gasteiger partial charge on any atom is 0.271 e. The van der Waals surface area contributed by atoms with E-state index < -0.39 is 4.92 Å². The molecule has 1 unspecified atom stereocenters. The van der Waals surface area contributed by atoms with E-state index in [-0.39, 0.29) is 29.2 Å². The molecule has 152 valence electrons. The third-order valence-corrected chi connectivity index (χ3v) is 5.41. The number of hydrogen-bond donors (Lipinski definition) is 1. The number of rotatable bonds is 5. The molecule has 8 nitrogen and oxygen atoms in total. The number of fused-ring (bicyclic) bond motifs is 1. The molecule has 1 saturated heterocycles. The Balaban J connectivity index is 1.43. The number of carbonyl (C=O) groups is 1. The molecule has 9 heteroatoms. The van der Waals surface area contributed by atoms with Crippen molar-refractivity contribution in [1.82, 2.24) is 4.90 Å². The van der Waals surface area contributed by atoms with Gasteiger partial charge in [-0.25, -0.2) is 0 Å². The first-order valence-corrected chi connectivity index (χ1v) is 9.76. The van der Waals surface area contributed by atoms with Gasteiger partial charge >= 0.3 is 0 Å². The number of ether oxygens (including phenoxy) is 2. The van der Waals surface area contributed by atoms with Gasteiger partial charge < -0.3 is 14.8 Å². The maximum atomic E-state index is 12.6. The molecule has 1 amide bonds. The summed E-state index contributed by atoms with van der Waals surface area (Å²) >= 11 is 6.07. The van der Waals surface area contributed by atoms with E-state index >= 15 is 0 Å². The summed E-state index contributed by atoms with van der Waals surface area (Å²) in [7, 11) is 0. The number of hydrogen-bond acceptors (Lipinski definition) is 6. The zero-order valence-electron chi connectivity index (χ0n) is 15.6. The minimum atomic E-state index is -0.528. The Kier molecular flexibility index (Phi) is 5.55. The Morgan fingerprint density at radius 3 is 2.76 bits per heavy atom. The van der Waals surface area contributed by atoms with Gasteiger partial charge in [0.25, 0.3) is 5.69 Å². The Labute approximate surface area is 172 Å². The number of non-ortho nitro benzene ring substituents is 1. The Hall–Kier alpha value is -2.84. The van der Waals surface area contributed by atoms with E-state index in [2.05, 4.69) is 10.2 Å². The monoisotopic (exact) mass is 417 g/mol. The number of amides is 1. The van der Waals surface area contributed by atoms with Crippen LogP contribution in [0.3, 0.4) is 0 Å². The van der Waals surface area contributed by atoms with Crippen molar-refractivity contribution in [2.45, 2.75) is 18.9 Å². The Bertz CT molecular complexity index is 952. The molecule has 0 saturated carbocycles. The van der Waals surface area contributed by atoms with E-state index in [0.29, 0.717) is 18.9 Å². The topological polar surface area (TPSA) is 93.9 Å². The number of anilines is 1. The number of halogens is 1. The third-order valence-electron chi connectivity index (χ3n) is 5.10. The molecule has 2 aliphatic rings. The summed E-state index contributed by atoms with van der Waals surface area (Å²) < 4.78 is 11.2. The van der Waals surface area contributed by atoms with Crippen molar-refractivity contribution in [3.63, 3.8) is 0 Å². The van der Waals surface area contributed by atoms with Crippen LogP contribution in [0.25, 0.3) is 0 Å². The van der Waals surface area contributed by atoms with Crippen LogP contribution in [-0.4, -0.2) is 42.0 Å². The lowest BCUT2D eigenvalue weighted by molar-refractivity contribution is -0.384. The molecule has 2 heterocycles. The van der Waals surface area contributed by atoms with Crippen molar-refractivity contribution in [3.8, 4) is 11.5 Å². The molecule has 4 rings (SSSR count). The number of likely N-dealkylation sites (tertiary alicyclic amines) is 1. The van der Waals surface area contributed by atoms with E-state index in [9.17, 15) is 14.9 Å². The normalized spacial score (nSPS) is 18.4. The largest absolute Gasteiger partial charge is 0.486 e. The molecule has 1 atom stereocenters. The molecule has 29 heavy (non-hydrogen) atoms. The first-order chi connectivity index (χ1) is 14.0. The number of nitro benzene ring substituents is 1. The highest BCUT2D eigenvalue weighted by Gasteiger charge is 2.29. The second-order valence-electron chi connectivity index (χ2n) is 7.00. The molecule has 2 aromatic rings. The van der Waals surface area contributed by atoms with Crippen molar-refractivity contribution in [2.75, 3.05) is 31.6 Å². The first-order valence-electron chi connectivity index (χ1n) is 9.38. The Morgan fingerprint density at radius 2 is 2.00 bits per heavy atom. The molecular formula is C20H20ClN3O5. The lowest BCUT2D eigenvalue weighted by atomic mass is 10.0. The number of carbonyl (C=O) groups excluding carboxylic acids is 1. The fourth-order valence-corrected chi connectivity index (χ4v) is 3.98. The van der Waals surface area contributed by atoms with Gasteiger partial charge in [0.05, 0.1) is 22.2 Å². The molecule has 0 aliphatic carbocycles. The lowest BCUT2D eigenvalue weighted by Gasteiger charge is -2.26. The van der Waals surface area contributed by atoms with E-state index in [4.69, 9.17) is 21.1 Å². The van der Waals surface area contributed by atoms with Crippen LogP contribution >= 0.6 is 11.6 Å². The predicted octanol–water partition coefficient (Wildman–Crippen LogP) is 3.80. The molecule has 0 radical (unpaired) electrons. The van der Waals surface area contributed by atoms with Crippen molar-refractivity contribution in [3.05, 3.63) is 57.1 Å². The van der Waals surface area contributed by atoms with E-state index in [1.807, 2.05) is 18.2 Å². The number of nitro groups is 1. The van der Waals surface area contributed by atoms with Gasteiger partial charge in [0.2, 0.25) is 5.91 Å². The summed E-state index contributed by atoms with van der Waals surface area (Å²) in [5.41, 5.74) is 1.33. The fourth-order valence-electron chi connectivity index (χ4n) is 3.75. The molecule has 2 aromatic carbocycles. The molecule has 0 aromatic heterocycles. The molecule has 0 bridgehead atoms. The van der Waals surface area contributed by atoms with Crippen LogP contribution in [-0.2, 0) is 4.79 Å². The maximum absolute atomic E-state index is 12.6. The summed E-state index contributed by atoms with van der Waals surface area (Å²) in [5.74, 6) is 1.27. The lowest BCUT2D eigenvalue weighted by Crippen LogP contribution is -2.33. The van der Waals surface area contributed by atoms with Crippen LogP contribution in [0.15, 0.2) is 36.4 Å². The zero-order valence-corrected chi connectivity index (χ0v) is 16.4. The fraction of sp³-hybridized carbons (Fsp3) is 0.350. The second kappa shape index (κ2) is 8.26. The Morgan fingerprint density at radius 1 is 1.21 bits per heavy atom.